The van der Waals surface area contributed by atoms with E-state index in [1.165, 1.54) is 0 Å². The van der Waals surface area contributed by atoms with Gasteiger partial charge in [0.05, 0.1) is 31.0 Å². The van der Waals surface area contributed by atoms with Crippen molar-refractivity contribution in [2.75, 3.05) is 0 Å². The summed E-state index contributed by atoms with van der Waals surface area (Å²) in [5, 5.41) is 29.8. The predicted molar refractivity (Wildman–Crippen MR) is 59.3 cm³/mol. The molecule has 6 nitrogen and oxygen atoms in total. The number of hydrogen-bond acceptors (Lipinski definition) is 4. The van der Waals surface area contributed by atoms with Crippen molar-refractivity contribution >= 4 is 5.71 Å². The van der Waals surface area contributed by atoms with Gasteiger partial charge in [-0.05, 0) is 18.3 Å². The van der Waals surface area contributed by atoms with E-state index in [2.05, 4.69) is 14.8 Å². The number of oxime groups is 1. The molecule has 1 N–H and O–H groups in total. The van der Waals surface area contributed by atoms with E-state index in [4.69, 9.17) is 28.9 Å². The van der Waals surface area contributed by atoms with Crippen LogP contribution in [0.4, 0.5) is 0 Å². The fourth-order valence-corrected chi connectivity index (χ4v) is 2.30. The largest absolute Gasteiger partial charge is 0.410 e. The maximum Gasteiger partial charge on any atom is 0.267 e. The molecule has 0 saturated heterocycles. The van der Waals surface area contributed by atoms with Crippen molar-refractivity contribution < 1.29 is 5.21 Å². The fraction of sp³-hybridized carbons (Fsp3) is 0.250. The second-order valence-electron chi connectivity index (χ2n) is 3.87. The smallest absolute Gasteiger partial charge is 0.267 e. The van der Waals surface area contributed by atoms with Gasteiger partial charge in [0.1, 0.15) is 0 Å². The molecule has 2 rings (SSSR count). The number of allylic oxidation sites excluding steroid dienone is 4. The molecule has 2 unspecified atom stereocenters. The van der Waals surface area contributed by atoms with Gasteiger partial charge in [0, 0.05) is 11.1 Å². The van der Waals surface area contributed by atoms with Crippen molar-refractivity contribution in [1.29, 1.82) is 10.5 Å². The summed E-state index contributed by atoms with van der Waals surface area (Å²) in [4.78, 5) is 6.21. The first-order valence-corrected chi connectivity index (χ1v) is 4.99. The van der Waals surface area contributed by atoms with E-state index < -0.39 is 0 Å². The van der Waals surface area contributed by atoms with Gasteiger partial charge < -0.3 is 5.21 Å². The molecule has 2 aliphatic rings. The lowest BCUT2D eigenvalue weighted by Gasteiger charge is -2.04. The molecule has 0 aromatic rings. The fourth-order valence-electron chi connectivity index (χ4n) is 2.30. The highest BCUT2D eigenvalue weighted by atomic mass is 16.4. The summed E-state index contributed by atoms with van der Waals surface area (Å²) >= 11 is 0. The number of nitriles is 2. The molecule has 0 spiro atoms. The molecule has 0 heterocycles. The Balaban J connectivity index is 2.71. The SMILES string of the molecule is [C-]#[N+]/C(C#N)=C1/C(=NO)/C(=C(\C#N)[N+]#[C-])C2CC12. The number of nitrogens with zero attached hydrogens (tertiary/aromatic N) is 5. The average molecular weight is 235 g/mol. The van der Waals surface area contributed by atoms with Gasteiger partial charge in [-0.15, -0.1) is 0 Å². The number of fused-ring (bicyclic) bond motifs is 1. The van der Waals surface area contributed by atoms with Crippen molar-refractivity contribution in [3.05, 3.63) is 45.4 Å². The summed E-state index contributed by atoms with van der Waals surface area (Å²) in [6, 6.07) is 3.52. The molecule has 0 aromatic carbocycles. The lowest BCUT2D eigenvalue weighted by Crippen LogP contribution is -2.06. The topological polar surface area (TPSA) is 88.9 Å². The molecule has 18 heavy (non-hydrogen) atoms. The summed E-state index contributed by atoms with van der Waals surface area (Å²) in [5.74, 6) is -0.139. The van der Waals surface area contributed by atoms with Crippen molar-refractivity contribution in [1.82, 2.24) is 0 Å². The first-order chi connectivity index (χ1) is 8.73. The maximum absolute atomic E-state index is 9.02. The van der Waals surface area contributed by atoms with Crippen molar-refractivity contribution in [2.45, 2.75) is 6.42 Å². The van der Waals surface area contributed by atoms with Crippen LogP contribution in [0.25, 0.3) is 9.69 Å². The van der Waals surface area contributed by atoms with Crippen LogP contribution in [-0.2, 0) is 0 Å². The normalized spacial score (nSPS) is 29.0. The minimum atomic E-state index is -0.132. The lowest BCUT2D eigenvalue weighted by molar-refractivity contribution is 0.319. The Bertz CT molecular complexity index is 596. The zero-order valence-electron chi connectivity index (χ0n) is 9.05. The standard InChI is InChI=1S/C12H5N5O/c1-15-8(4-13)10-6-3-7(6)11(12(10)17-18)9(5-14)16-2/h6-7,18H,3H2/b10-8+,11-9+,17-12?. The van der Waals surface area contributed by atoms with E-state index in [1.54, 1.807) is 12.1 Å². The third kappa shape index (κ3) is 1.34. The third-order valence-corrected chi connectivity index (χ3v) is 3.09. The van der Waals surface area contributed by atoms with Crippen LogP contribution < -0.4 is 0 Å². The van der Waals surface area contributed by atoms with Gasteiger partial charge in [0.2, 0.25) is 0 Å². The first kappa shape index (κ1) is 11.4. The first-order valence-electron chi connectivity index (χ1n) is 4.99. The van der Waals surface area contributed by atoms with E-state index in [9.17, 15) is 0 Å². The van der Waals surface area contributed by atoms with Gasteiger partial charge >= 0.3 is 0 Å². The van der Waals surface area contributed by atoms with Crippen LogP contribution in [0.1, 0.15) is 6.42 Å². The summed E-state index contributed by atoms with van der Waals surface area (Å²) in [7, 11) is 0. The Morgan fingerprint density at radius 3 is 1.89 bits per heavy atom. The van der Waals surface area contributed by atoms with Crippen LogP contribution in [0, 0.1) is 47.6 Å². The van der Waals surface area contributed by atoms with Gasteiger partial charge in [-0.2, -0.15) is 0 Å². The van der Waals surface area contributed by atoms with Gasteiger partial charge in [0.15, 0.2) is 0 Å². The highest BCUT2D eigenvalue weighted by Crippen LogP contribution is 2.58. The molecule has 0 amide bonds. The van der Waals surface area contributed by atoms with Crippen molar-refractivity contribution in [3.8, 4) is 12.1 Å². The summed E-state index contributed by atoms with van der Waals surface area (Å²) < 4.78 is 0. The second-order valence-corrected chi connectivity index (χ2v) is 3.87. The predicted octanol–water partition coefficient (Wildman–Crippen LogP) is 1.86. The van der Waals surface area contributed by atoms with Crippen LogP contribution in [0.3, 0.4) is 0 Å². The Labute approximate surface area is 103 Å². The molecule has 84 valence electrons. The Morgan fingerprint density at radius 1 is 1.17 bits per heavy atom. The third-order valence-electron chi connectivity index (χ3n) is 3.09. The van der Waals surface area contributed by atoms with Gasteiger partial charge in [-0.3, -0.25) is 0 Å². The van der Waals surface area contributed by atoms with Crippen LogP contribution in [0.15, 0.2) is 27.7 Å². The molecule has 2 fully saturated rings. The molecule has 2 aliphatic carbocycles. The molecular formula is C12H5N5O. The maximum atomic E-state index is 9.02. The van der Waals surface area contributed by atoms with E-state index in [1.807, 2.05) is 0 Å². The number of rotatable bonds is 0. The summed E-state index contributed by atoms with van der Waals surface area (Å²) in [5.41, 5.74) is 0.522. The quantitative estimate of drug-likeness (QED) is 0.301. The minimum absolute atomic E-state index is 0.0522. The van der Waals surface area contributed by atoms with E-state index in [0.29, 0.717) is 17.6 Å². The van der Waals surface area contributed by atoms with Crippen LogP contribution in [0.5, 0.6) is 0 Å². The van der Waals surface area contributed by atoms with Crippen molar-refractivity contribution in [2.24, 2.45) is 17.0 Å². The molecular weight excluding hydrogens is 230 g/mol. The molecule has 0 aliphatic heterocycles. The van der Waals surface area contributed by atoms with Gasteiger partial charge in [-0.1, -0.05) is 5.16 Å². The zero-order chi connectivity index (χ0) is 13.3. The molecule has 0 aromatic heterocycles. The molecule has 0 bridgehead atoms. The van der Waals surface area contributed by atoms with Crippen LogP contribution in [-0.4, -0.2) is 10.9 Å². The Hall–Kier alpha value is -3.09. The monoisotopic (exact) mass is 235 g/mol. The average Bonchev–Trinajstić information content (AvgIpc) is 3.11. The lowest BCUT2D eigenvalue weighted by atomic mass is 10.0. The molecule has 0 radical (unpaired) electrons. The minimum Gasteiger partial charge on any atom is -0.410 e. The van der Waals surface area contributed by atoms with E-state index in [-0.39, 0.29) is 28.9 Å². The van der Waals surface area contributed by atoms with Crippen LogP contribution >= 0.6 is 0 Å². The zero-order valence-corrected chi connectivity index (χ0v) is 9.05. The molecule has 2 saturated carbocycles. The Morgan fingerprint density at radius 2 is 1.61 bits per heavy atom. The van der Waals surface area contributed by atoms with E-state index >= 15 is 0 Å². The highest BCUT2D eigenvalue weighted by Gasteiger charge is 2.54. The number of hydrogen-bond donors (Lipinski definition) is 1. The molecule has 2 atom stereocenters. The summed E-state index contributed by atoms with van der Waals surface area (Å²) in [6.07, 6.45) is 0.686. The van der Waals surface area contributed by atoms with Crippen molar-refractivity contribution in [3.63, 3.8) is 0 Å². The Kier molecular flexibility index (Phi) is 2.57. The molecule has 6 heteroatoms. The summed E-state index contributed by atoms with van der Waals surface area (Å²) in [6.45, 7) is 13.9. The van der Waals surface area contributed by atoms with Gasteiger partial charge in [-0.25, -0.2) is 20.2 Å². The second kappa shape index (κ2) is 4.06. The van der Waals surface area contributed by atoms with Crippen LogP contribution in [0.2, 0.25) is 0 Å². The highest BCUT2D eigenvalue weighted by molar-refractivity contribution is 6.18. The van der Waals surface area contributed by atoms with Gasteiger partial charge in [0.25, 0.3) is 11.4 Å². The van der Waals surface area contributed by atoms with E-state index in [0.717, 1.165) is 0 Å².